The van der Waals surface area contributed by atoms with Gasteiger partial charge >= 0.3 is 7.75 Å². The number of hydrogen-bond donors (Lipinski definition) is 4. The molecule has 3 aromatic rings. The van der Waals surface area contributed by atoms with Gasteiger partial charge in [0, 0.05) is 17.6 Å². The van der Waals surface area contributed by atoms with Crippen LogP contribution in [-0.2, 0) is 22.8 Å². The summed E-state index contributed by atoms with van der Waals surface area (Å²) >= 11 is 0. The minimum atomic E-state index is -4.84. The molecular formula is C32H50N8O8P2Si. The van der Waals surface area contributed by atoms with Crippen molar-refractivity contribution in [2.24, 2.45) is 0 Å². The van der Waals surface area contributed by atoms with Crippen LogP contribution in [-0.4, -0.2) is 91.7 Å². The Labute approximate surface area is 301 Å². The molecule has 1 aromatic carbocycles. The molecule has 5 atom stereocenters. The van der Waals surface area contributed by atoms with E-state index in [0.717, 1.165) is 0 Å². The van der Waals surface area contributed by atoms with Gasteiger partial charge in [0.25, 0.3) is 14.4 Å². The van der Waals surface area contributed by atoms with Gasteiger partial charge in [0.1, 0.15) is 18.5 Å². The minimum absolute atomic E-state index is 0.0303. The molecule has 280 valence electrons. The summed E-state index contributed by atoms with van der Waals surface area (Å²) in [6.07, 6.45) is 0.0794. The van der Waals surface area contributed by atoms with Crippen LogP contribution in [0.2, 0.25) is 18.1 Å². The Balaban J connectivity index is 1.76. The number of imidazole rings is 1. The summed E-state index contributed by atoms with van der Waals surface area (Å²) in [6.45, 7) is 18.4. The smallest absolute Gasteiger partial charge is 0.400 e. The summed E-state index contributed by atoms with van der Waals surface area (Å²) in [4.78, 5) is 46.8. The van der Waals surface area contributed by atoms with Crippen molar-refractivity contribution in [3.05, 3.63) is 48.5 Å². The molecule has 2 aromatic heterocycles. The van der Waals surface area contributed by atoms with E-state index >= 15 is 0 Å². The fourth-order valence-electron chi connectivity index (χ4n) is 5.45. The molecule has 1 unspecified atom stereocenters. The van der Waals surface area contributed by atoms with Crippen molar-refractivity contribution in [3.63, 3.8) is 0 Å². The molecule has 0 aliphatic carbocycles. The Morgan fingerprint density at radius 2 is 1.80 bits per heavy atom. The zero-order valence-corrected chi connectivity index (χ0v) is 33.3. The predicted molar refractivity (Wildman–Crippen MR) is 196 cm³/mol. The van der Waals surface area contributed by atoms with Gasteiger partial charge in [0.2, 0.25) is 0 Å². The van der Waals surface area contributed by atoms with Crippen molar-refractivity contribution >= 4 is 47.5 Å². The Morgan fingerprint density at radius 3 is 2.39 bits per heavy atom. The number of carbonyl (C=O) groups is 1. The van der Waals surface area contributed by atoms with E-state index in [0.29, 0.717) is 11.2 Å². The highest BCUT2D eigenvalue weighted by Crippen LogP contribution is 2.49. The van der Waals surface area contributed by atoms with Crippen LogP contribution in [0, 0.1) is 11.3 Å². The fourth-order valence-corrected chi connectivity index (χ4v) is 9.06. The normalized spacial score (nSPS) is 20.7. The Bertz CT molecular complexity index is 1700. The standard InChI is InChI=1S/C32H50N8O8P2Si/c1-21(2)40(22(3)4)49(45-17-13-16-33)46-18-24-25(38-50(42,43)44)27(48-51(8,9)32(5,6)7)31(47-24)39-20-36-26-28(34-19-35-29(26)39)37-30(41)23-14-11-10-12-15-23/h10-12,14-15,19-22,24-25,27,31H,13,17-18H2,1-9H3,(H,34,35,37,41)(H3,38,42,43,44)/t24-,25-,27-,31-,49?/m1/s1. The summed E-state index contributed by atoms with van der Waals surface area (Å²) in [5, 5.41) is 14.2. The third-order valence-corrected chi connectivity index (χ3v) is 16.0. The number of aromatic nitrogens is 4. The second kappa shape index (κ2) is 17.0. The zero-order valence-electron chi connectivity index (χ0n) is 30.5. The molecule has 1 aliphatic heterocycles. The van der Waals surface area contributed by atoms with E-state index < -0.39 is 49.1 Å². The van der Waals surface area contributed by atoms with Crippen molar-refractivity contribution < 1.29 is 37.4 Å². The van der Waals surface area contributed by atoms with Crippen molar-refractivity contribution in [1.29, 1.82) is 5.26 Å². The number of ether oxygens (including phenoxy) is 1. The topological polar surface area (TPSA) is 206 Å². The first-order valence-corrected chi connectivity index (χ1v) is 22.4. The van der Waals surface area contributed by atoms with E-state index in [1.165, 1.54) is 12.7 Å². The van der Waals surface area contributed by atoms with Gasteiger partial charge in [-0.3, -0.25) is 9.36 Å². The quantitative estimate of drug-likeness (QED) is 0.0784. The number of carbonyl (C=O) groups excluding carboxylic acids is 1. The first kappa shape index (κ1) is 41.0. The molecule has 0 bridgehead atoms. The van der Waals surface area contributed by atoms with Crippen molar-refractivity contribution in [2.75, 3.05) is 18.5 Å². The average molecular weight is 765 g/mol. The van der Waals surface area contributed by atoms with Gasteiger partial charge in [-0.25, -0.2) is 29.3 Å². The number of nitrogens with one attached hydrogen (secondary N) is 2. The van der Waals surface area contributed by atoms with Gasteiger partial charge in [-0.2, -0.15) is 5.26 Å². The number of fused-ring (bicyclic) bond motifs is 1. The average Bonchev–Trinajstić information content (AvgIpc) is 3.60. The number of amides is 1. The summed E-state index contributed by atoms with van der Waals surface area (Å²) in [6, 6.07) is 9.78. The lowest BCUT2D eigenvalue weighted by atomic mass is 10.1. The minimum Gasteiger partial charge on any atom is -0.408 e. The van der Waals surface area contributed by atoms with E-state index in [9.17, 15) is 19.1 Å². The molecule has 16 nitrogen and oxygen atoms in total. The maximum atomic E-state index is 13.0. The molecule has 19 heteroatoms. The van der Waals surface area contributed by atoms with Crippen molar-refractivity contribution in [3.8, 4) is 6.07 Å². The van der Waals surface area contributed by atoms with Gasteiger partial charge < -0.3 is 33.3 Å². The van der Waals surface area contributed by atoms with Crippen LogP contribution in [0.4, 0.5) is 5.82 Å². The van der Waals surface area contributed by atoms with Gasteiger partial charge in [0.05, 0.1) is 38.1 Å². The molecule has 0 spiro atoms. The lowest BCUT2D eigenvalue weighted by Gasteiger charge is -2.41. The second-order valence-corrected chi connectivity index (χ2v) is 21.9. The largest absolute Gasteiger partial charge is 0.408 e. The lowest BCUT2D eigenvalue weighted by molar-refractivity contribution is -0.0447. The van der Waals surface area contributed by atoms with E-state index in [2.05, 4.69) is 56.9 Å². The maximum Gasteiger partial charge on any atom is 0.400 e. The zero-order chi connectivity index (χ0) is 37.7. The molecule has 51 heavy (non-hydrogen) atoms. The Morgan fingerprint density at radius 1 is 1.14 bits per heavy atom. The third kappa shape index (κ3) is 10.2. The van der Waals surface area contributed by atoms with Crippen LogP contribution in [0.25, 0.3) is 11.2 Å². The second-order valence-electron chi connectivity index (χ2n) is 14.3. The summed E-state index contributed by atoms with van der Waals surface area (Å²) in [5.74, 6) is -0.199. The van der Waals surface area contributed by atoms with Crippen LogP contribution >= 0.6 is 16.3 Å². The summed E-state index contributed by atoms with van der Waals surface area (Å²) < 4.78 is 42.3. The number of hydrogen-bond acceptors (Lipinski definition) is 11. The van der Waals surface area contributed by atoms with E-state index in [4.69, 9.17) is 23.5 Å². The SMILES string of the molecule is CC(C)N(C(C)C)P(OCCC#N)OC[C@H]1O[C@@H](n2cnc3c(NC(=O)c4ccccc4)ncnc32)[C@H](O[Si](C)(C)C(C)(C)C)[C@@H]1NP(=O)(O)O. The molecule has 1 amide bonds. The van der Waals surface area contributed by atoms with Crippen molar-refractivity contribution in [1.82, 2.24) is 29.3 Å². The number of benzene rings is 1. The van der Waals surface area contributed by atoms with Gasteiger partial charge in [0.15, 0.2) is 31.5 Å². The van der Waals surface area contributed by atoms with Crippen LogP contribution < -0.4 is 10.4 Å². The van der Waals surface area contributed by atoms with Gasteiger partial charge in [-0.15, -0.1) is 0 Å². The first-order valence-electron chi connectivity index (χ1n) is 16.8. The van der Waals surface area contributed by atoms with E-state index in [1.54, 1.807) is 28.8 Å². The molecule has 4 N–H and O–H groups in total. The Kier molecular flexibility index (Phi) is 13.7. The fraction of sp³-hybridized carbons (Fsp3) is 0.594. The molecule has 4 rings (SSSR count). The predicted octanol–water partition coefficient (Wildman–Crippen LogP) is 5.71. The third-order valence-electron chi connectivity index (χ3n) is 8.82. The van der Waals surface area contributed by atoms with Crippen LogP contribution in [0.1, 0.15) is 71.5 Å². The molecule has 1 fully saturated rings. The van der Waals surface area contributed by atoms with Crippen LogP contribution in [0.15, 0.2) is 43.0 Å². The molecule has 1 aliphatic rings. The monoisotopic (exact) mass is 764 g/mol. The number of nitrogens with zero attached hydrogens (tertiary/aromatic N) is 6. The van der Waals surface area contributed by atoms with Gasteiger partial charge in [-0.05, 0) is 58.0 Å². The Hall–Kier alpha value is -2.71. The van der Waals surface area contributed by atoms with Crippen LogP contribution in [0.3, 0.4) is 0 Å². The lowest BCUT2D eigenvalue weighted by Crippen LogP contribution is -2.52. The highest BCUT2D eigenvalue weighted by molar-refractivity contribution is 7.49. The number of nitriles is 1. The van der Waals surface area contributed by atoms with E-state index in [-0.39, 0.29) is 54.0 Å². The van der Waals surface area contributed by atoms with E-state index in [1.807, 2.05) is 46.9 Å². The molecular weight excluding hydrogens is 714 g/mol. The molecule has 3 heterocycles. The molecule has 0 saturated carbocycles. The summed E-state index contributed by atoms with van der Waals surface area (Å²) in [7, 11) is -9.15. The highest BCUT2D eigenvalue weighted by Gasteiger charge is 2.53. The summed E-state index contributed by atoms with van der Waals surface area (Å²) in [5.41, 5.74) is 1.03. The highest BCUT2D eigenvalue weighted by atomic mass is 31.2. The molecule has 1 saturated heterocycles. The van der Waals surface area contributed by atoms with Crippen molar-refractivity contribution in [2.45, 2.75) is 110 Å². The van der Waals surface area contributed by atoms with Crippen LogP contribution in [0.5, 0.6) is 0 Å². The maximum absolute atomic E-state index is 13.0. The first-order chi connectivity index (χ1) is 23.8. The molecule has 0 radical (unpaired) electrons. The number of anilines is 1. The van der Waals surface area contributed by atoms with Gasteiger partial charge in [-0.1, -0.05) is 39.0 Å². The number of rotatable bonds is 16.